The molecule has 0 saturated carbocycles. The molecular weight excluding hydrogens is 429 g/mol. The Morgan fingerprint density at radius 3 is 2.59 bits per heavy atom. The van der Waals surface area contributed by atoms with Crippen LogP contribution < -0.4 is 10.1 Å². The molecule has 0 radical (unpaired) electrons. The number of ether oxygens (including phenoxy) is 1. The second-order valence-corrected chi connectivity index (χ2v) is 7.48. The van der Waals surface area contributed by atoms with E-state index < -0.39 is 35.2 Å². The van der Waals surface area contributed by atoms with Gasteiger partial charge in [0.1, 0.15) is 24.0 Å². The van der Waals surface area contributed by atoms with Crippen molar-refractivity contribution in [3.8, 4) is 5.75 Å². The highest BCUT2D eigenvalue weighted by Gasteiger charge is 2.49. The molecule has 1 saturated heterocycles. The molecule has 3 rings (SSSR count). The van der Waals surface area contributed by atoms with Gasteiger partial charge in [-0.2, -0.15) is 0 Å². The minimum absolute atomic E-state index is 0.0775. The third-order valence-corrected chi connectivity index (χ3v) is 5.04. The van der Waals surface area contributed by atoms with Gasteiger partial charge in [-0.3, -0.25) is 9.69 Å². The fourth-order valence-electron chi connectivity index (χ4n) is 2.90. The zero-order valence-electron chi connectivity index (χ0n) is 15.1. The lowest BCUT2D eigenvalue weighted by Crippen LogP contribution is -2.42. The molecule has 29 heavy (non-hydrogen) atoms. The van der Waals surface area contributed by atoms with Crippen molar-refractivity contribution in [1.29, 1.82) is 0 Å². The van der Waals surface area contributed by atoms with Gasteiger partial charge in [-0.1, -0.05) is 29.3 Å². The number of β-amino-alcohol motifs (C(OH)–C–C–N with tert-alkyl or cyclic N) is 1. The average molecular weight is 445 g/mol. The fourth-order valence-corrected chi connectivity index (χ4v) is 3.24. The number of aliphatic hydroxyl groups is 1. The van der Waals surface area contributed by atoms with Gasteiger partial charge in [0.05, 0.1) is 11.6 Å². The number of carbonyl (C=O) groups is 2. The molecule has 2 aromatic rings. The van der Waals surface area contributed by atoms with Crippen molar-refractivity contribution in [3.63, 3.8) is 0 Å². The van der Waals surface area contributed by atoms with Crippen molar-refractivity contribution in [2.45, 2.75) is 18.6 Å². The van der Waals surface area contributed by atoms with Crippen LogP contribution in [0, 0.1) is 11.6 Å². The number of hydrogen-bond donors (Lipinski definition) is 2. The lowest BCUT2D eigenvalue weighted by atomic mass is 9.92. The predicted molar refractivity (Wildman–Crippen MR) is 102 cm³/mol. The maximum Gasteiger partial charge on any atom is 0.325 e. The van der Waals surface area contributed by atoms with E-state index in [4.69, 9.17) is 27.9 Å². The first-order valence-electron chi connectivity index (χ1n) is 8.47. The molecule has 0 aromatic heterocycles. The normalized spacial score (nSPS) is 20.0. The van der Waals surface area contributed by atoms with Crippen LogP contribution in [0.25, 0.3) is 0 Å². The summed E-state index contributed by atoms with van der Waals surface area (Å²) in [6, 6.07) is 6.70. The van der Waals surface area contributed by atoms with E-state index in [1.165, 1.54) is 25.1 Å². The van der Waals surface area contributed by atoms with Crippen LogP contribution in [0.1, 0.15) is 12.5 Å². The lowest BCUT2D eigenvalue weighted by Gasteiger charge is -2.23. The topological polar surface area (TPSA) is 78.9 Å². The molecule has 1 fully saturated rings. The lowest BCUT2D eigenvalue weighted by molar-refractivity contribution is -0.132. The van der Waals surface area contributed by atoms with Gasteiger partial charge in [-0.25, -0.2) is 13.6 Å². The molecule has 1 aliphatic heterocycles. The van der Waals surface area contributed by atoms with Crippen LogP contribution in [0.3, 0.4) is 0 Å². The van der Waals surface area contributed by atoms with Gasteiger partial charge in [0.25, 0.3) is 5.91 Å². The highest BCUT2D eigenvalue weighted by molar-refractivity contribution is 6.34. The van der Waals surface area contributed by atoms with Gasteiger partial charge in [0, 0.05) is 11.1 Å². The zero-order valence-corrected chi connectivity index (χ0v) is 16.6. The first-order chi connectivity index (χ1) is 13.6. The number of amides is 3. The minimum atomic E-state index is -1.59. The molecule has 3 amide bonds. The van der Waals surface area contributed by atoms with E-state index in [1.807, 2.05) is 0 Å². The second-order valence-electron chi connectivity index (χ2n) is 6.64. The molecule has 2 N–H and O–H groups in total. The standard InChI is InChI=1S/C19H16Cl2F2N2O4/c1-19(10-2-5-14(22)15(23)6-10)17(27)25(18(28)24-19)8-12(26)9-29-16-7-11(20)3-4-13(16)21/h2-7,12,26H,8-9H2,1H3,(H,24,28)/t12-,19+/m0/s1. The first-order valence-corrected chi connectivity index (χ1v) is 9.23. The third kappa shape index (κ3) is 4.29. The van der Waals surface area contributed by atoms with Crippen LogP contribution in [-0.4, -0.2) is 41.2 Å². The Morgan fingerprint density at radius 1 is 1.17 bits per heavy atom. The van der Waals surface area contributed by atoms with E-state index in [1.54, 1.807) is 6.07 Å². The van der Waals surface area contributed by atoms with E-state index in [9.17, 15) is 23.5 Å². The Bertz CT molecular complexity index is 975. The summed E-state index contributed by atoms with van der Waals surface area (Å²) in [4.78, 5) is 25.8. The minimum Gasteiger partial charge on any atom is -0.489 e. The van der Waals surface area contributed by atoms with E-state index in [0.717, 1.165) is 17.0 Å². The van der Waals surface area contributed by atoms with Crippen LogP contribution in [0.5, 0.6) is 5.75 Å². The van der Waals surface area contributed by atoms with Gasteiger partial charge in [-0.15, -0.1) is 0 Å². The van der Waals surface area contributed by atoms with Gasteiger partial charge >= 0.3 is 6.03 Å². The molecule has 10 heteroatoms. The van der Waals surface area contributed by atoms with Crippen molar-refractivity contribution >= 4 is 35.1 Å². The zero-order chi connectivity index (χ0) is 21.3. The summed E-state index contributed by atoms with van der Waals surface area (Å²) in [7, 11) is 0. The molecule has 0 aliphatic carbocycles. The summed E-state index contributed by atoms with van der Waals surface area (Å²) >= 11 is 11.8. The Hall–Kier alpha value is -2.42. The molecule has 0 unspecified atom stereocenters. The van der Waals surface area contributed by atoms with E-state index in [-0.39, 0.29) is 29.5 Å². The maximum absolute atomic E-state index is 13.6. The Kier molecular flexibility index (Phi) is 5.97. The Labute approximate surface area is 175 Å². The quantitative estimate of drug-likeness (QED) is 0.668. The largest absolute Gasteiger partial charge is 0.489 e. The van der Waals surface area contributed by atoms with Gasteiger partial charge in [-0.05, 0) is 36.8 Å². The molecule has 6 nitrogen and oxygen atoms in total. The summed E-state index contributed by atoms with van der Waals surface area (Å²) in [6.45, 7) is 0.732. The number of imide groups is 1. The van der Waals surface area contributed by atoms with Crippen molar-refractivity contribution in [3.05, 3.63) is 63.6 Å². The van der Waals surface area contributed by atoms with Crippen molar-refractivity contribution in [1.82, 2.24) is 10.2 Å². The van der Waals surface area contributed by atoms with Gasteiger partial charge in [0.2, 0.25) is 0 Å². The number of hydrogen-bond acceptors (Lipinski definition) is 4. The molecular formula is C19H16Cl2F2N2O4. The highest BCUT2D eigenvalue weighted by Crippen LogP contribution is 2.30. The molecule has 2 atom stereocenters. The number of urea groups is 1. The number of carbonyl (C=O) groups excluding carboxylic acids is 2. The van der Waals surface area contributed by atoms with E-state index in [2.05, 4.69) is 5.32 Å². The number of nitrogens with one attached hydrogen (secondary N) is 1. The summed E-state index contributed by atoms with van der Waals surface area (Å²) in [5.41, 5.74) is -1.52. The van der Waals surface area contributed by atoms with Crippen LogP contribution in [-0.2, 0) is 10.3 Å². The number of aliphatic hydroxyl groups excluding tert-OH is 1. The van der Waals surface area contributed by atoms with Crippen molar-refractivity contribution in [2.75, 3.05) is 13.2 Å². The molecule has 0 spiro atoms. The van der Waals surface area contributed by atoms with Gasteiger partial charge < -0.3 is 15.2 Å². The molecule has 1 aliphatic rings. The third-order valence-electron chi connectivity index (χ3n) is 4.49. The Balaban J connectivity index is 1.69. The first kappa shape index (κ1) is 21.3. The van der Waals surface area contributed by atoms with Crippen LogP contribution >= 0.6 is 23.2 Å². The van der Waals surface area contributed by atoms with Crippen LogP contribution in [0.15, 0.2) is 36.4 Å². The molecule has 154 valence electrons. The van der Waals surface area contributed by atoms with Crippen molar-refractivity contribution < 1.29 is 28.2 Å². The van der Waals surface area contributed by atoms with Gasteiger partial charge in [0.15, 0.2) is 11.6 Å². The molecule has 0 bridgehead atoms. The molecule has 2 aromatic carbocycles. The number of nitrogens with zero attached hydrogens (tertiary/aromatic N) is 1. The van der Waals surface area contributed by atoms with Crippen LogP contribution in [0.4, 0.5) is 13.6 Å². The Morgan fingerprint density at radius 2 is 1.90 bits per heavy atom. The summed E-state index contributed by atoms with van der Waals surface area (Å²) in [5, 5.41) is 13.3. The number of rotatable bonds is 6. The van der Waals surface area contributed by atoms with E-state index >= 15 is 0 Å². The average Bonchev–Trinajstić information content (AvgIpc) is 2.88. The highest BCUT2D eigenvalue weighted by atomic mass is 35.5. The molecule has 1 heterocycles. The monoisotopic (exact) mass is 444 g/mol. The number of benzene rings is 2. The summed E-state index contributed by atoms with van der Waals surface area (Å²) < 4.78 is 32.2. The summed E-state index contributed by atoms with van der Waals surface area (Å²) in [6.07, 6.45) is -1.23. The maximum atomic E-state index is 13.6. The second kappa shape index (κ2) is 8.14. The predicted octanol–water partition coefficient (Wildman–Crippen LogP) is 3.48. The van der Waals surface area contributed by atoms with Crippen molar-refractivity contribution in [2.24, 2.45) is 0 Å². The summed E-state index contributed by atoms with van der Waals surface area (Å²) in [5.74, 6) is -2.69. The number of halogens is 4. The van der Waals surface area contributed by atoms with Crippen LogP contribution in [0.2, 0.25) is 10.0 Å². The van der Waals surface area contributed by atoms with E-state index in [0.29, 0.717) is 5.02 Å². The fraction of sp³-hybridized carbons (Fsp3) is 0.263. The SMILES string of the molecule is C[C@]1(c2ccc(F)c(F)c2)NC(=O)N(C[C@H](O)COc2cc(Cl)ccc2Cl)C1=O. The smallest absolute Gasteiger partial charge is 0.325 e.